The number of hydrogen-bond donors (Lipinski definition) is 0. The molecule has 94 valence electrons. The molecule has 2 heteroatoms. The predicted octanol–water partition coefficient (Wildman–Crippen LogP) is 3.15. The molecule has 17 heavy (non-hydrogen) atoms. The van der Waals surface area contributed by atoms with Crippen LogP contribution in [0.3, 0.4) is 0 Å². The summed E-state index contributed by atoms with van der Waals surface area (Å²) in [5.74, 6) is 0. The van der Waals surface area contributed by atoms with Gasteiger partial charge in [0.1, 0.15) is 0 Å². The maximum Gasteiger partial charge on any atom is 0.0461 e. The van der Waals surface area contributed by atoms with E-state index in [0.717, 1.165) is 19.5 Å². The van der Waals surface area contributed by atoms with Crippen LogP contribution in [0.2, 0.25) is 0 Å². The van der Waals surface area contributed by atoms with Crippen LogP contribution < -0.4 is 0 Å². The Hall–Kier alpha value is -0.890. The van der Waals surface area contributed by atoms with Crippen LogP contribution >= 0.6 is 0 Å². The fourth-order valence-electron chi connectivity index (χ4n) is 2.71. The van der Waals surface area contributed by atoms with Gasteiger partial charge in [0.2, 0.25) is 0 Å². The lowest BCUT2D eigenvalue weighted by atomic mass is 9.80. The number of fused-ring (bicyclic) bond motifs is 1. The summed E-state index contributed by atoms with van der Waals surface area (Å²) in [5, 5.41) is 0. The highest BCUT2D eigenvalue weighted by molar-refractivity contribution is 5.31. The standard InChI is InChI=1S/C15H24N2/c1-5-7-15(2,3)13-9-12-11-17(4)8-6-14(12)16-10-13/h9-10H,5-8,11H2,1-4H3. The summed E-state index contributed by atoms with van der Waals surface area (Å²) in [6, 6.07) is 2.38. The molecule has 0 spiro atoms. The van der Waals surface area contributed by atoms with Crippen LogP contribution in [0.5, 0.6) is 0 Å². The van der Waals surface area contributed by atoms with Crippen molar-refractivity contribution in [3.63, 3.8) is 0 Å². The minimum Gasteiger partial charge on any atom is -0.302 e. The molecular formula is C15H24N2. The highest BCUT2D eigenvalue weighted by Crippen LogP contribution is 2.30. The third-order valence-electron chi connectivity index (χ3n) is 3.89. The summed E-state index contributed by atoms with van der Waals surface area (Å²) >= 11 is 0. The van der Waals surface area contributed by atoms with Gasteiger partial charge in [-0.1, -0.05) is 33.3 Å². The lowest BCUT2D eigenvalue weighted by molar-refractivity contribution is 0.309. The fourth-order valence-corrected chi connectivity index (χ4v) is 2.71. The molecule has 0 saturated heterocycles. The van der Waals surface area contributed by atoms with Gasteiger partial charge in [0.05, 0.1) is 0 Å². The molecule has 1 aliphatic rings. The number of rotatable bonds is 3. The smallest absolute Gasteiger partial charge is 0.0461 e. The lowest BCUT2D eigenvalue weighted by Crippen LogP contribution is -2.28. The molecule has 0 bridgehead atoms. The third-order valence-corrected chi connectivity index (χ3v) is 3.89. The molecule has 0 radical (unpaired) electrons. The predicted molar refractivity (Wildman–Crippen MR) is 72.2 cm³/mol. The first-order valence-electron chi connectivity index (χ1n) is 6.70. The van der Waals surface area contributed by atoms with Crippen molar-refractivity contribution >= 4 is 0 Å². The molecule has 1 aromatic heterocycles. The topological polar surface area (TPSA) is 16.1 Å². The molecule has 0 saturated carbocycles. The number of pyridine rings is 1. The number of aromatic nitrogens is 1. The largest absolute Gasteiger partial charge is 0.302 e. The first-order valence-corrected chi connectivity index (χ1v) is 6.70. The Kier molecular flexibility index (Phi) is 3.53. The van der Waals surface area contributed by atoms with E-state index in [1.165, 1.54) is 29.7 Å². The quantitative estimate of drug-likeness (QED) is 0.796. The first kappa shape index (κ1) is 12.6. The van der Waals surface area contributed by atoms with E-state index in [1.54, 1.807) is 0 Å². The van der Waals surface area contributed by atoms with Gasteiger partial charge in [0, 0.05) is 31.4 Å². The Bertz CT molecular complexity index is 396. The van der Waals surface area contributed by atoms with Gasteiger partial charge >= 0.3 is 0 Å². The minimum absolute atomic E-state index is 0.257. The van der Waals surface area contributed by atoms with E-state index in [4.69, 9.17) is 0 Å². The molecule has 0 aliphatic carbocycles. The van der Waals surface area contributed by atoms with Gasteiger partial charge in [0.15, 0.2) is 0 Å². The zero-order chi connectivity index (χ0) is 12.5. The molecule has 0 fully saturated rings. The van der Waals surface area contributed by atoms with Crippen molar-refractivity contribution in [2.45, 2.75) is 52.0 Å². The SMILES string of the molecule is CCCC(C)(C)c1cnc2c(c1)CN(C)CC2. The summed E-state index contributed by atoms with van der Waals surface area (Å²) in [6.45, 7) is 9.09. The number of hydrogen-bond acceptors (Lipinski definition) is 2. The first-order chi connectivity index (χ1) is 8.03. The molecule has 0 atom stereocenters. The van der Waals surface area contributed by atoms with E-state index in [1.807, 2.05) is 0 Å². The average molecular weight is 232 g/mol. The van der Waals surface area contributed by atoms with Gasteiger partial charge in [-0.15, -0.1) is 0 Å². The monoisotopic (exact) mass is 232 g/mol. The minimum atomic E-state index is 0.257. The summed E-state index contributed by atoms with van der Waals surface area (Å²) in [4.78, 5) is 7.05. The van der Waals surface area contributed by atoms with Gasteiger partial charge in [-0.05, 0) is 30.0 Å². The molecule has 1 aliphatic heterocycles. The van der Waals surface area contributed by atoms with E-state index in [-0.39, 0.29) is 5.41 Å². The molecule has 0 unspecified atom stereocenters. The Balaban J connectivity index is 2.29. The van der Waals surface area contributed by atoms with Gasteiger partial charge in [0.25, 0.3) is 0 Å². The zero-order valence-electron chi connectivity index (χ0n) is 11.6. The molecule has 2 rings (SSSR count). The number of likely N-dealkylation sites (N-methyl/N-ethyl adjacent to an activating group) is 1. The van der Waals surface area contributed by atoms with Crippen LogP contribution in [0.15, 0.2) is 12.3 Å². The third kappa shape index (κ3) is 2.68. The van der Waals surface area contributed by atoms with Crippen LogP contribution in [-0.4, -0.2) is 23.5 Å². The number of nitrogens with zero attached hydrogens (tertiary/aromatic N) is 2. The maximum absolute atomic E-state index is 4.68. The highest BCUT2D eigenvalue weighted by atomic mass is 15.1. The lowest BCUT2D eigenvalue weighted by Gasteiger charge is -2.29. The van der Waals surface area contributed by atoms with Crippen molar-refractivity contribution in [2.75, 3.05) is 13.6 Å². The second-order valence-corrected chi connectivity index (χ2v) is 5.95. The summed E-state index contributed by atoms with van der Waals surface area (Å²) in [6.07, 6.45) is 5.65. The average Bonchev–Trinajstić information content (AvgIpc) is 2.28. The van der Waals surface area contributed by atoms with Crippen molar-refractivity contribution in [3.05, 3.63) is 29.1 Å². The second-order valence-electron chi connectivity index (χ2n) is 5.95. The van der Waals surface area contributed by atoms with Crippen molar-refractivity contribution in [1.82, 2.24) is 9.88 Å². The van der Waals surface area contributed by atoms with Crippen molar-refractivity contribution in [1.29, 1.82) is 0 Å². The summed E-state index contributed by atoms with van der Waals surface area (Å²) < 4.78 is 0. The van der Waals surface area contributed by atoms with E-state index in [9.17, 15) is 0 Å². The van der Waals surface area contributed by atoms with E-state index in [2.05, 4.69) is 50.0 Å². The van der Waals surface area contributed by atoms with Crippen LogP contribution in [0.25, 0.3) is 0 Å². The molecule has 0 amide bonds. The Morgan fingerprint density at radius 3 is 2.88 bits per heavy atom. The molecular weight excluding hydrogens is 208 g/mol. The second kappa shape index (κ2) is 4.77. The van der Waals surface area contributed by atoms with E-state index >= 15 is 0 Å². The molecule has 2 heterocycles. The van der Waals surface area contributed by atoms with Crippen molar-refractivity contribution in [2.24, 2.45) is 0 Å². The van der Waals surface area contributed by atoms with Gasteiger partial charge in [-0.25, -0.2) is 0 Å². The summed E-state index contributed by atoms with van der Waals surface area (Å²) in [7, 11) is 2.19. The zero-order valence-corrected chi connectivity index (χ0v) is 11.6. The van der Waals surface area contributed by atoms with Crippen LogP contribution in [0, 0.1) is 0 Å². The van der Waals surface area contributed by atoms with Crippen LogP contribution in [-0.2, 0) is 18.4 Å². The Morgan fingerprint density at radius 2 is 2.18 bits per heavy atom. The van der Waals surface area contributed by atoms with Crippen LogP contribution in [0.1, 0.15) is 50.4 Å². The van der Waals surface area contributed by atoms with Crippen molar-refractivity contribution < 1.29 is 0 Å². The van der Waals surface area contributed by atoms with Gasteiger partial charge in [-0.3, -0.25) is 4.98 Å². The summed E-state index contributed by atoms with van der Waals surface area (Å²) in [5.41, 5.74) is 4.39. The normalized spacial score (nSPS) is 16.9. The Labute approximate surface area is 105 Å². The van der Waals surface area contributed by atoms with Crippen LogP contribution in [0.4, 0.5) is 0 Å². The molecule has 1 aromatic rings. The van der Waals surface area contributed by atoms with E-state index < -0.39 is 0 Å². The van der Waals surface area contributed by atoms with Gasteiger partial charge in [-0.2, -0.15) is 0 Å². The van der Waals surface area contributed by atoms with Crippen molar-refractivity contribution in [3.8, 4) is 0 Å². The highest BCUT2D eigenvalue weighted by Gasteiger charge is 2.22. The van der Waals surface area contributed by atoms with E-state index in [0.29, 0.717) is 0 Å². The maximum atomic E-state index is 4.68. The fraction of sp³-hybridized carbons (Fsp3) is 0.667. The van der Waals surface area contributed by atoms with Gasteiger partial charge < -0.3 is 4.90 Å². The molecule has 0 N–H and O–H groups in total. The molecule has 0 aromatic carbocycles. The Morgan fingerprint density at radius 1 is 1.41 bits per heavy atom. The molecule has 2 nitrogen and oxygen atoms in total.